The minimum absolute atomic E-state index is 0.0634. The Kier molecular flexibility index (Phi) is 5.81. The number of halogens is 3. The van der Waals surface area contributed by atoms with Gasteiger partial charge in [-0.1, -0.05) is 24.3 Å². The van der Waals surface area contributed by atoms with E-state index in [2.05, 4.69) is 10.5 Å². The molecular formula is C19H15F3N4O5. The molecule has 12 heteroatoms. The van der Waals surface area contributed by atoms with Crippen molar-refractivity contribution in [2.45, 2.75) is 12.7 Å². The van der Waals surface area contributed by atoms with Gasteiger partial charge in [0.1, 0.15) is 6.54 Å². The lowest BCUT2D eigenvalue weighted by Crippen LogP contribution is -2.36. The highest BCUT2D eigenvalue weighted by molar-refractivity contribution is 6.33. The molecule has 0 amide bonds. The van der Waals surface area contributed by atoms with E-state index in [0.717, 1.165) is 16.7 Å². The molecule has 0 radical (unpaired) electrons. The van der Waals surface area contributed by atoms with E-state index in [0.29, 0.717) is 11.1 Å². The van der Waals surface area contributed by atoms with Crippen LogP contribution < -0.4 is 11.0 Å². The Morgan fingerprint density at radius 3 is 2.13 bits per heavy atom. The molecule has 0 saturated heterocycles. The molecule has 0 aliphatic heterocycles. The lowest BCUT2D eigenvalue weighted by atomic mass is 10.1. The number of carboxylic acid groups (broad SMARTS) is 2. The number of hydrogen-bond donors (Lipinski definition) is 3. The first kappa shape index (κ1) is 21.6. The van der Waals surface area contributed by atoms with Gasteiger partial charge in [0.25, 0.3) is 0 Å². The predicted octanol–water partition coefficient (Wildman–Crippen LogP) is 1.72. The maximum Gasteiger partial charge on any atom is 0.416 e. The maximum atomic E-state index is 12.8. The van der Waals surface area contributed by atoms with E-state index < -0.39 is 36.1 Å². The van der Waals surface area contributed by atoms with Crippen LogP contribution in [0.3, 0.4) is 0 Å². The molecule has 0 atom stereocenters. The van der Waals surface area contributed by atoms with E-state index in [1.54, 1.807) is 18.2 Å². The monoisotopic (exact) mass is 436 g/mol. The molecule has 9 nitrogen and oxygen atoms in total. The summed E-state index contributed by atoms with van der Waals surface area (Å²) < 4.78 is 40.6. The largest absolute Gasteiger partial charge is 0.480 e. The first-order chi connectivity index (χ1) is 14.6. The summed E-state index contributed by atoms with van der Waals surface area (Å²) in [5.74, 6) is -4.35. The highest BCUT2D eigenvalue weighted by atomic mass is 19.4. The SMILES string of the molecule is O=C(O)CN/N=c1\n(Cc2ccc(C(F)(F)F)cc2)c2ccccc2n1C(=O)C(=O)O. The number of fused-ring (bicyclic) bond motifs is 1. The van der Waals surface area contributed by atoms with Gasteiger partial charge in [0.05, 0.1) is 23.1 Å². The number of aromatic nitrogens is 2. The summed E-state index contributed by atoms with van der Waals surface area (Å²) in [5.41, 5.74) is 2.14. The van der Waals surface area contributed by atoms with Gasteiger partial charge < -0.3 is 14.8 Å². The number of para-hydroxylation sites is 2. The molecule has 0 saturated carbocycles. The van der Waals surface area contributed by atoms with Gasteiger partial charge in [0.15, 0.2) is 0 Å². The van der Waals surface area contributed by atoms with Crippen LogP contribution in [0.4, 0.5) is 13.2 Å². The maximum absolute atomic E-state index is 12.8. The summed E-state index contributed by atoms with van der Waals surface area (Å²) in [4.78, 5) is 34.4. The summed E-state index contributed by atoms with van der Waals surface area (Å²) in [5, 5.41) is 21.9. The molecule has 0 bridgehead atoms. The van der Waals surface area contributed by atoms with E-state index in [9.17, 15) is 32.7 Å². The Balaban J connectivity index is 2.18. The van der Waals surface area contributed by atoms with Crippen molar-refractivity contribution in [3.8, 4) is 0 Å². The van der Waals surface area contributed by atoms with Crippen molar-refractivity contribution in [1.29, 1.82) is 0 Å². The second-order valence-electron chi connectivity index (χ2n) is 6.36. The molecule has 1 heterocycles. The average Bonchev–Trinajstić information content (AvgIpc) is 3.00. The second kappa shape index (κ2) is 8.34. The van der Waals surface area contributed by atoms with E-state index >= 15 is 0 Å². The number of alkyl halides is 3. The van der Waals surface area contributed by atoms with Crippen LogP contribution in [0, 0.1) is 0 Å². The lowest BCUT2D eigenvalue weighted by molar-refractivity contribution is -0.138. The summed E-state index contributed by atoms with van der Waals surface area (Å²) in [6.45, 7) is -0.671. The fraction of sp³-hybridized carbons (Fsp3) is 0.158. The number of carbonyl (C=O) groups excluding carboxylic acids is 1. The minimum atomic E-state index is -4.50. The van der Waals surface area contributed by atoms with Crippen molar-refractivity contribution in [3.63, 3.8) is 0 Å². The molecule has 0 aliphatic rings. The minimum Gasteiger partial charge on any atom is -0.480 e. The molecule has 2 aromatic carbocycles. The van der Waals surface area contributed by atoms with E-state index in [-0.39, 0.29) is 17.7 Å². The van der Waals surface area contributed by atoms with Crippen LogP contribution in [-0.2, 0) is 22.3 Å². The molecule has 3 rings (SSSR count). The number of carboxylic acids is 2. The van der Waals surface area contributed by atoms with Gasteiger partial charge in [-0.3, -0.25) is 15.0 Å². The summed E-state index contributed by atoms with van der Waals surface area (Å²) in [6, 6.07) is 10.5. The average molecular weight is 436 g/mol. The Labute approximate surface area is 171 Å². The van der Waals surface area contributed by atoms with Crippen molar-refractivity contribution >= 4 is 28.9 Å². The number of carbonyl (C=O) groups is 3. The molecule has 162 valence electrons. The zero-order chi connectivity index (χ0) is 22.8. The molecule has 3 N–H and O–H groups in total. The Hall–Kier alpha value is -4.09. The number of hydrogen-bond acceptors (Lipinski definition) is 5. The Bertz CT molecular complexity index is 1230. The lowest BCUT2D eigenvalue weighted by Gasteiger charge is -2.09. The fourth-order valence-electron chi connectivity index (χ4n) is 2.94. The Morgan fingerprint density at radius 1 is 0.968 bits per heavy atom. The highest BCUT2D eigenvalue weighted by Gasteiger charge is 2.30. The second-order valence-corrected chi connectivity index (χ2v) is 6.36. The van der Waals surface area contributed by atoms with Crippen LogP contribution in [0.15, 0.2) is 53.6 Å². The van der Waals surface area contributed by atoms with Gasteiger partial charge in [-0.25, -0.2) is 9.36 Å². The van der Waals surface area contributed by atoms with Crippen LogP contribution in [0.5, 0.6) is 0 Å². The molecule has 3 aromatic rings. The summed E-state index contributed by atoms with van der Waals surface area (Å²) >= 11 is 0. The van der Waals surface area contributed by atoms with Crippen molar-refractivity contribution in [2.75, 3.05) is 6.54 Å². The topological polar surface area (TPSA) is 126 Å². The van der Waals surface area contributed by atoms with E-state index in [1.165, 1.54) is 22.8 Å². The van der Waals surface area contributed by atoms with E-state index in [4.69, 9.17) is 5.11 Å². The molecule has 0 spiro atoms. The first-order valence-electron chi connectivity index (χ1n) is 8.72. The van der Waals surface area contributed by atoms with Gasteiger partial charge in [0.2, 0.25) is 5.62 Å². The van der Waals surface area contributed by atoms with Crippen molar-refractivity contribution < 1.29 is 37.8 Å². The Morgan fingerprint density at radius 2 is 1.58 bits per heavy atom. The number of rotatable bonds is 5. The molecule has 31 heavy (non-hydrogen) atoms. The van der Waals surface area contributed by atoms with Gasteiger partial charge in [-0.15, -0.1) is 5.10 Å². The van der Waals surface area contributed by atoms with Gasteiger partial charge in [-0.2, -0.15) is 13.2 Å². The predicted molar refractivity (Wildman–Crippen MR) is 99.9 cm³/mol. The van der Waals surface area contributed by atoms with Crippen molar-refractivity contribution in [2.24, 2.45) is 5.10 Å². The third kappa shape index (κ3) is 4.57. The van der Waals surface area contributed by atoms with Gasteiger partial charge in [-0.05, 0) is 29.8 Å². The number of nitrogens with zero attached hydrogens (tertiary/aromatic N) is 3. The zero-order valence-electron chi connectivity index (χ0n) is 15.6. The number of nitrogens with one attached hydrogen (secondary N) is 1. The van der Waals surface area contributed by atoms with Crippen LogP contribution in [0.2, 0.25) is 0 Å². The molecule has 0 aliphatic carbocycles. The third-order valence-corrected chi connectivity index (χ3v) is 4.27. The standard InChI is InChI=1S/C19H15F3N4O5/c20-19(21,22)12-7-5-11(6-8-12)10-25-13-3-1-2-4-14(13)26(16(29)17(30)31)18(25)24-23-9-15(27)28/h1-8,23H,9-10H2,(H,27,28)(H,30,31)/b24-18+. The van der Waals surface area contributed by atoms with Crippen LogP contribution >= 0.6 is 0 Å². The van der Waals surface area contributed by atoms with Gasteiger partial charge >= 0.3 is 24.0 Å². The number of imidazole rings is 1. The van der Waals surface area contributed by atoms with E-state index in [1.807, 2.05) is 0 Å². The first-order valence-corrected chi connectivity index (χ1v) is 8.72. The van der Waals surface area contributed by atoms with Crippen LogP contribution in [0.1, 0.15) is 15.9 Å². The summed E-state index contributed by atoms with van der Waals surface area (Å²) in [6.07, 6.45) is -4.50. The highest BCUT2D eigenvalue weighted by Crippen LogP contribution is 2.29. The molecular weight excluding hydrogens is 421 g/mol. The van der Waals surface area contributed by atoms with Crippen molar-refractivity contribution in [1.82, 2.24) is 14.6 Å². The fourth-order valence-corrected chi connectivity index (χ4v) is 2.94. The number of benzene rings is 2. The molecule has 1 aromatic heterocycles. The van der Waals surface area contributed by atoms with Crippen LogP contribution in [-0.4, -0.2) is 43.7 Å². The van der Waals surface area contributed by atoms with Crippen molar-refractivity contribution in [3.05, 3.63) is 65.3 Å². The molecule has 0 fully saturated rings. The smallest absolute Gasteiger partial charge is 0.416 e. The van der Waals surface area contributed by atoms with Crippen LogP contribution in [0.25, 0.3) is 11.0 Å². The molecule has 0 unspecified atom stereocenters. The number of aliphatic carboxylic acids is 2. The quantitative estimate of drug-likeness (QED) is 0.413. The van der Waals surface area contributed by atoms with Gasteiger partial charge in [0, 0.05) is 0 Å². The summed E-state index contributed by atoms with van der Waals surface area (Å²) in [7, 11) is 0. The normalized spacial score (nSPS) is 12.2. The third-order valence-electron chi connectivity index (χ3n) is 4.27. The zero-order valence-corrected chi connectivity index (χ0v) is 15.6.